The molecule has 3 rings (SSSR count). The summed E-state index contributed by atoms with van der Waals surface area (Å²) in [6, 6.07) is 9.25. The predicted molar refractivity (Wildman–Crippen MR) is 120 cm³/mol. The van der Waals surface area contributed by atoms with Crippen LogP contribution in [0.4, 0.5) is 11.5 Å². The first-order valence-corrected chi connectivity index (χ1v) is 10.4. The number of hydrogen-bond acceptors (Lipinski definition) is 8. The summed E-state index contributed by atoms with van der Waals surface area (Å²) in [4.78, 5) is 41.7. The Balaban J connectivity index is 1.76. The summed E-state index contributed by atoms with van der Waals surface area (Å²) in [6.07, 6.45) is 1.37. The van der Waals surface area contributed by atoms with E-state index in [4.69, 9.17) is 25.8 Å². The molecule has 3 aromatic rings. The van der Waals surface area contributed by atoms with Crippen molar-refractivity contribution in [3.8, 4) is 11.5 Å². The van der Waals surface area contributed by atoms with Gasteiger partial charge in [-0.25, -0.2) is 9.78 Å². The highest BCUT2D eigenvalue weighted by Gasteiger charge is 2.21. The number of thiophene rings is 1. The summed E-state index contributed by atoms with van der Waals surface area (Å²) in [6.45, 7) is -0.574. The van der Waals surface area contributed by atoms with Crippen LogP contribution in [-0.4, -0.2) is 43.6 Å². The lowest BCUT2D eigenvalue weighted by atomic mass is 10.1. The van der Waals surface area contributed by atoms with E-state index in [0.29, 0.717) is 15.6 Å². The fourth-order valence-corrected chi connectivity index (χ4v) is 3.31. The molecule has 1 aromatic carbocycles. The number of ether oxygens (including phenoxy) is 3. The SMILES string of the molecule is COc1cc(NC(=O)c2cccs2)c(C(=O)OCC(=O)Nc2ccc(Cl)cn2)cc1OC. The molecule has 0 radical (unpaired) electrons. The van der Waals surface area contributed by atoms with E-state index in [1.807, 2.05) is 0 Å². The van der Waals surface area contributed by atoms with Crippen LogP contribution in [0, 0.1) is 0 Å². The molecule has 11 heteroatoms. The minimum atomic E-state index is -0.841. The maximum Gasteiger partial charge on any atom is 0.340 e. The molecule has 2 amide bonds. The number of pyridine rings is 1. The minimum absolute atomic E-state index is 0.00928. The number of aromatic nitrogens is 1. The van der Waals surface area contributed by atoms with Crippen molar-refractivity contribution in [2.75, 3.05) is 31.5 Å². The van der Waals surface area contributed by atoms with E-state index in [0.717, 1.165) is 0 Å². The molecule has 0 bridgehead atoms. The maximum atomic E-state index is 12.7. The van der Waals surface area contributed by atoms with Gasteiger partial charge in [0.05, 0.1) is 35.4 Å². The van der Waals surface area contributed by atoms with Crippen LogP contribution in [0.5, 0.6) is 11.5 Å². The molecular weight excluding hydrogens is 458 g/mol. The highest BCUT2D eigenvalue weighted by atomic mass is 35.5. The number of carbonyl (C=O) groups excluding carboxylic acids is 3. The lowest BCUT2D eigenvalue weighted by Gasteiger charge is -2.15. The number of nitrogens with one attached hydrogen (secondary N) is 2. The number of nitrogens with zero attached hydrogens (tertiary/aromatic N) is 1. The molecule has 0 fully saturated rings. The number of methoxy groups -OCH3 is 2. The minimum Gasteiger partial charge on any atom is -0.493 e. The Morgan fingerprint density at radius 1 is 1.06 bits per heavy atom. The van der Waals surface area contributed by atoms with Crippen LogP contribution >= 0.6 is 22.9 Å². The van der Waals surface area contributed by atoms with Gasteiger partial charge >= 0.3 is 5.97 Å². The third kappa shape index (κ3) is 5.74. The zero-order chi connectivity index (χ0) is 23.1. The number of rotatable bonds is 8. The highest BCUT2D eigenvalue weighted by molar-refractivity contribution is 7.12. The lowest BCUT2D eigenvalue weighted by molar-refractivity contribution is -0.119. The molecule has 2 aromatic heterocycles. The Morgan fingerprint density at radius 3 is 2.44 bits per heavy atom. The van der Waals surface area contributed by atoms with Crippen molar-refractivity contribution in [3.05, 3.63) is 63.4 Å². The number of anilines is 2. The fourth-order valence-electron chi connectivity index (χ4n) is 2.58. The van der Waals surface area contributed by atoms with Gasteiger partial charge in [0.25, 0.3) is 11.8 Å². The number of hydrogen-bond donors (Lipinski definition) is 2. The number of benzene rings is 1. The van der Waals surface area contributed by atoms with Crippen LogP contribution in [0.1, 0.15) is 20.0 Å². The van der Waals surface area contributed by atoms with E-state index in [1.165, 1.54) is 50.0 Å². The van der Waals surface area contributed by atoms with Gasteiger partial charge in [-0.2, -0.15) is 0 Å². The lowest BCUT2D eigenvalue weighted by Crippen LogP contribution is -2.22. The van der Waals surface area contributed by atoms with Gasteiger partial charge < -0.3 is 24.8 Å². The summed E-state index contributed by atoms with van der Waals surface area (Å²) < 4.78 is 15.6. The molecule has 0 aliphatic carbocycles. The molecule has 166 valence electrons. The number of halogens is 1. The number of esters is 1. The van der Waals surface area contributed by atoms with Crippen LogP contribution in [0.15, 0.2) is 48.0 Å². The largest absolute Gasteiger partial charge is 0.493 e. The molecular formula is C21H18ClN3O6S. The van der Waals surface area contributed by atoms with Crippen molar-refractivity contribution >= 4 is 52.2 Å². The Bertz CT molecular complexity index is 1120. The van der Waals surface area contributed by atoms with Crippen LogP contribution in [0.2, 0.25) is 5.02 Å². The third-order valence-electron chi connectivity index (χ3n) is 4.07. The van der Waals surface area contributed by atoms with Crippen molar-refractivity contribution in [3.63, 3.8) is 0 Å². The Morgan fingerprint density at radius 2 is 1.81 bits per heavy atom. The van der Waals surface area contributed by atoms with Crippen LogP contribution in [0.25, 0.3) is 0 Å². The van der Waals surface area contributed by atoms with Crippen LogP contribution in [0.3, 0.4) is 0 Å². The van der Waals surface area contributed by atoms with Gasteiger partial charge in [-0.05, 0) is 23.6 Å². The number of amides is 2. The van der Waals surface area contributed by atoms with Gasteiger partial charge in [0.15, 0.2) is 18.1 Å². The molecule has 0 spiro atoms. The molecule has 0 unspecified atom stereocenters. The van der Waals surface area contributed by atoms with E-state index in [1.54, 1.807) is 23.6 Å². The summed E-state index contributed by atoms with van der Waals surface area (Å²) in [5.74, 6) is -1.04. The standard InChI is InChI=1S/C21H18ClN3O6S/c1-29-15-8-13(14(9-16(15)30-2)24-20(27)17-4-3-7-32-17)21(28)31-11-19(26)25-18-6-5-12(22)10-23-18/h3-10H,11H2,1-2H3,(H,24,27)(H,23,25,26). The zero-order valence-electron chi connectivity index (χ0n) is 17.0. The monoisotopic (exact) mass is 475 g/mol. The Kier molecular flexibility index (Phi) is 7.63. The van der Waals surface area contributed by atoms with Crippen LogP contribution in [-0.2, 0) is 9.53 Å². The fraction of sp³-hybridized carbons (Fsp3) is 0.143. The van der Waals surface area contributed by atoms with E-state index < -0.39 is 24.4 Å². The molecule has 0 atom stereocenters. The molecule has 32 heavy (non-hydrogen) atoms. The summed E-state index contributed by atoms with van der Waals surface area (Å²) in [5, 5.41) is 7.32. The molecule has 9 nitrogen and oxygen atoms in total. The summed E-state index contributed by atoms with van der Waals surface area (Å²) in [7, 11) is 2.83. The van der Waals surface area contributed by atoms with Crippen molar-refractivity contribution in [2.45, 2.75) is 0 Å². The first kappa shape index (κ1) is 23.0. The predicted octanol–water partition coefficient (Wildman–Crippen LogP) is 3.86. The second-order valence-electron chi connectivity index (χ2n) is 6.17. The first-order chi connectivity index (χ1) is 15.4. The van der Waals surface area contributed by atoms with E-state index >= 15 is 0 Å². The average Bonchev–Trinajstić information content (AvgIpc) is 3.34. The molecule has 0 saturated heterocycles. The smallest absolute Gasteiger partial charge is 0.340 e. The summed E-state index contributed by atoms with van der Waals surface area (Å²) >= 11 is 7.00. The maximum absolute atomic E-state index is 12.7. The Labute approximate surface area is 192 Å². The summed E-state index contributed by atoms with van der Waals surface area (Å²) in [5.41, 5.74) is 0.135. The van der Waals surface area contributed by atoms with Gasteiger partial charge in [0.1, 0.15) is 5.82 Å². The third-order valence-corrected chi connectivity index (χ3v) is 5.16. The zero-order valence-corrected chi connectivity index (χ0v) is 18.6. The topological polar surface area (TPSA) is 116 Å². The van der Waals surface area contributed by atoms with Crippen molar-refractivity contribution < 1.29 is 28.6 Å². The molecule has 0 aliphatic heterocycles. The quantitative estimate of drug-likeness (QED) is 0.475. The van der Waals surface area contributed by atoms with Crippen LogP contribution < -0.4 is 20.1 Å². The second-order valence-corrected chi connectivity index (χ2v) is 7.55. The van der Waals surface area contributed by atoms with Crippen molar-refractivity contribution in [2.24, 2.45) is 0 Å². The number of carbonyl (C=O) groups is 3. The van der Waals surface area contributed by atoms with Gasteiger partial charge in [-0.15, -0.1) is 11.3 Å². The van der Waals surface area contributed by atoms with Crippen molar-refractivity contribution in [1.82, 2.24) is 4.98 Å². The average molecular weight is 476 g/mol. The van der Waals surface area contributed by atoms with Gasteiger partial charge in [0, 0.05) is 18.3 Å². The molecule has 0 aliphatic rings. The molecule has 0 saturated carbocycles. The second kappa shape index (κ2) is 10.6. The van der Waals surface area contributed by atoms with E-state index in [-0.39, 0.29) is 22.8 Å². The van der Waals surface area contributed by atoms with E-state index in [2.05, 4.69) is 15.6 Å². The van der Waals surface area contributed by atoms with Gasteiger partial charge in [0.2, 0.25) is 0 Å². The highest BCUT2D eigenvalue weighted by Crippen LogP contribution is 2.34. The van der Waals surface area contributed by atoms with Crippen molar-refractivity contribution in [1.29, 1.82) is 0 Å². The van der Waals surface area contributed by atoms with Gasteiger partial charge in [-0.1, -0.05) is 17.7 Å². The van der Waals surface area contributed by atoms with Gasteiger partial charge in [-0.3, -0.25) is 9.59 Å². The van der Waals surface area contributed by atoms with E-state index in [9.17, 15) is 14.4 Å². The molecule has 2 heterocycles. The Hall–Kier alpha value is -3.63. The first-order valence-electron chi connectivity index (χ1n) is 9.10. The molecule has 2 N–H and O–H groups in total. The normalized spacial score (nSPS) is 10.2.